The first-order chi connectivity index (χ1) is 13.9. The summed E-state index contributed by atoms with van der Waals surface area (Å²) in [5.41, 5.74) is 0.559. The molecule has 0 radical (unpaired) electrons. The molecule has 4 rings (SSSR count). The highest BCUT2D eigenvalue weighted by molar-refractivity contribution is 7.34. The van der Waals surface area contributed by atoms with E-state index in [1.54, 1.807) is 12.1 Å². The zero-order valence-electron chi connectivity index (χ0n) is 15.4. The van der Waals surface area contributed by atoms with Gasteiger partial charge in [-0.05, 0) is 25.0 Å². The second kappa shape index (κ2) is 8.00. The molecule has 152 valence electrons. The van der Waals surface area contributed by atoms with Crippen LogP contribution in [0.25, 0.3) is 19.5 Å². The van der Waals surface area contributed by atoms with E-state index in [1.807, 2.05) is 6.07 Å². The minimum Gasteiger partial charge on any atom is -0.479 e. The van der Waals surface area contributed by atoms with E-state index in [4.69, 9.17) is 9.84 Å². The van der Waals surface area contributed by atoms with Crippen molar-refractivity contribution >= 4 is 60.0 Å². The van der Waals surface area contributed by atoms with Crippen LogP contribution in [0.3, 0.4) is 0 Å². The average molecular weight is 434 g/mol. The van der Waals surface area contributed by atoms with Gasteiger partial charge in [-0.25, -0.2) is 9.59 Å². The third-order valence-corrected chi connectivity index (χ3v) is 7.47. The molecule has 0 aliphatic heterocycles. The molecule has 1 fully saturated rings. The van der Waals surface area contributed by atoms with Crippen molar-refractivity contribution in [3.63, 3.8) is 0 Å². The van der Waals surface area contributed by atoms with Gasteiger partial charge in [0, 0.05) is 21.7 Å². The standard InChI is InChI=1S/C20H19NO6S2/c22-14(23)9-27-15-17-16(29-18(15)20(25)26)12-7-6-10(8-13(12)28-17)19(24)21-11-4-2-1-3-5-11/h6-8,11H,1-5,9H2,(H,21,24)(H,22,23)(H,25,26). The third-order valence-electron chi connectivity index (χ3n) is 5.00. The molecule has 3 aromatic rings. The van der Waals surface area contributed by atoms with Crippen molar-refractivity contribution in [2.24, 2.45) is 0 Å². The molecule has 1 aliphatic carbocycles. The molecule has 9 heteroatoms. The molecular weight excluding hydrogens is 414 g/mol. The van der Waals surface area contributed by atoms with Crippen LogP contribution in [0.5, 0.6) is 5.75 Å². The van der Waals surface area contributed by atoms with E-state index in [2.05, 4.69) is 5.32 Å². The van der Waals surface area contributed by atoms with Crippen LogP contribution in [0, 0.1) is 0 Å². The number of carbonyl (C=O) groups is 3. The molecule has 0 unspecified atom stereocenters. The quantitative estimate of drug-likeness (QED) is 0.533. The molecule has 2 aromatic heterocycles. The van der Waals surface area contributed by atoms with Gasteiger partial charge in [0.05, 0.1) is 9.40 Å². The SMILES string of the molecule is O=C(O)COc1c(C(=O)O)sc2c1sc1cc(C(=O)NC3CCCCC3)ccc12. The molecule has 1 aromatic carbocycles. The van der Waals surface area contributed by atoms with E-state index in [9.17, 15) is 19.5 Å². The Hall–Kier alpha value is -2.65. The number of carboxylic acids is 2. The first kappa shape index (κ1) is 19.7. The van der Waals surface area contributed by atoms with E-state index < -0.39 is 18.5 Å². The van der Waals surface area contributed by atoms with E-state index in [0.717, 1.165) is 51.8 Å². The van der Waals surface area contributed by atoms with E-state index in [1.165, 1.54) is 17.8 Å². The molecule has 3 N–H and O–H groups in total. The van der Waals surface area contributed by atoms with Crippen molar-refractivity contribution in [2.45, 2.75) is 38.1 Å². The number of rotatable bonds is 6. The maximum Gasteiger partial charge on any atom is 0.349 e. The molecule has 1 saturated carbocycles. The lowest BCUT2D eigenvalue weighted by Crippen LogP contribution is -2.36. The summed E-state index contributed by atoms with van der Waals surface area (Å²) < 4.78 is 7.43. The number of hydrogen-bond acceptors (Lipinski definition) is 6. The number of amides is 1. The van der Waals surface area contributed by atoms with Crippen LogP contribution in [0.2, 0.25) is 0 Å². The van der Waals surface area contributed by atoms with Crippen molar-refractivity contribution in [2.75, 3.05) is 6.61 Å². The molecule has 1 amide bonds. The molecule has 2 heterocycles. The molecule has 1 aliphatic rings. The van der Waals surface area contributed by atoms with Gasteiger partial charge < -0.3 is 20.3 Å². The molecule has 0 spiro atoms. The number of carbonyl (C=O) groups excluding carboxylic acids is 1. The largest absolute Gasteiger partial charge is 0.479 e. The molecular formula is C20H19NO6S2. The third kappa shape index (κ3) is 3.92. The van der Waals surface area contributed by atoms with Crippen LogP contribution in [-0.2, 0) is 4.79 Å². The summed E-state index contributed by atoms with van der Waals surface area (Å²) in [6.07, 6.45) is 5.50. The average Bonchev–Trinajstić information content (AvgIpc) is 3.22. The lowest BCUT2D eigenvalue weighted by Gasteiger charge is -2.22. The van der Waals surface area contributed by atoms with Crippen LogP contribution in [0.1, 0.15) is 52.1 Å². The molecule has 0 bridgehead atoms. The number of ether oxygens (including phenoxy) is 1. The number of nitrogens with one attached hydrogen (secondary N) is 1. The number of fused-ring (bicyclic) bond motifs is 3. The first-order valence-electron chi connectivity index (χ1n) is 9.32. The van der Waals surface area contributed by atoms with Gasteiger partial charge in [0.15, 0.2) is 17.2 Å². The Morgan fingerprint density at radius 3 is 2.52 bits per heavy atom. The minimum absolute atomic E-state index is 0.0199. The Morgan fingerprint density at radius 1 is 1.07 bits per heavy atom. The number of hydrogen-bond donors (Lipinski definition) is 3. The minimum atomic E-state index is -1.18. The van der Waals surface area contributed by atoms with E-state index >= 15 is 0 Å². The van der Waals surface area contributed by atoms with Gasteiger partial charge in [-0.3, -0.25) is 4.79 Å². The Bertz CT molecular complexity index is 1110. The number of thiophene rings is 2. The van der Waals surface area contributed by atoms with Gasteiger partial charge in [0.2, 0.25) is 0 Å². The van der Waals surface area contributed by atoms with Crippen LogP contribution < -0.4 is 10.1 Å². The highest BCUT2D eigenvalue weighted by Gasteiger charge is 2.24. The fraction of sp³-hybridized carbons (Fsp3) is 0.350. The normalized spacial score (nSPS) is 14.9. The summed E-state index contributed by atoms with van der Waals surface area (Å²) in [5.74, 6) is -2.36. The molecule has 7 nitrogen and oxygen atoms in total. The van der Waals surface area contributed by atoms with Crippen LogP contribution in [0.4, 0.5) is 0 Å². The summed E-state index contributed by atoms with van der Waals surface area (Å²) in [4.78, 5) is 35.0. The van der Waals surface area contributed by atoms with Crippen molar-refractivity contribution in [3.05, 3.63) is 28.6 Å². The van der Waals surface area contributed by atoms with Gasteiger partial charge in [-0.15, -0.1) is 22.7 Å². The lowest BCUT2D eigenvalue weighted by atomic mass is 9.95. The fourth-order valence-corrected chi connectivity index (χ4v) is 6.18. The summed E-state index contributed by atoms with van der Waals surface area (Å²) >= 11 is 2.36. The predicted molar refractivity (Wildman–Crippen MR) is 112 cm³/mol. The van der Waals surface area contributed by atoms with Crippen LogP contribution in [-0.4, -0.2) is 40.7 Å². The Kier molecular flexibility index (Phi) is 5.42. The van der Waals surface area contributed by atoms with Gasteiger partial charge in [-0.1, -0.05) is 25.3 Å². The second-order valence-electron chi connectivity index (χ2n) is 7.03. The van der Waals surface area contributed by atoms with E-state index in [0.29, 0.717) is 10.3 Å². The first-order valence-corrected chi connectivity index (χ1v) is 10.9. The monoisotopic (exact) mass is 433 g/mol. The zero-order chi connectivity index (χ0) is 20.5. The highest BCUT2D eigenvalue weighted by Crippen LogP contribution is 2.47. The van der Waals surface area contributed by atoms with Crippen molar-refractivity contribution in [1.29, 1.82) is 0 Å². The zero-order valence-corrected chi connectivity index (χ0v) is 17.0. The summed E-state index contributed by atoms with van der Waals surface area (Å²) in [7, 11) is 0. The van der Waals surface area contributed by atoms with E-state index in [-0.39, 0.29) is 22.6 Å². The van der Waals surface area contributed by atoms with Crippen molar-refractivity contribution in [3.8, 4) is 5.75 Å². The summed E-state index contributed by atoms with van der Waals surface area (Å²) in [6, 6.07) is 5.57. The number of benzene rings is 1. The second-order valence-corrected chi connectivity index (χ2v) is 9.10. The summed E-state index contributed by atoms with van der Waals surface area (Å²) in [6.45, 7) is -0.616. The maximum atomic E-state index is 12.6. The molecule has 0 atom stereocenters. The van der Waals surface area contributed by atoms with Crippen LogP contribution in [0.15, 0.2) is 18.2 Å². The lowest BCUT2D eigenvalue weighted by molar-refractivity contribution is -0.139. The van der Waals surface area contributed by atoms with Crippen molar-refractivity contribution in [1.82, 2.24) is 5.32 Å². The summed E-state index contributed by atoms with van der Waals surface area (Å²) in [5, 5.41) is 22.2. The Morgan fingerprint density at radius 2 is 1.83 bits per heavy atom. The molecule has 29 heavy (non-hydrogen) atoms. The smallest absolute Gasteiger partial charge is 0.349 e. The number of carboxylic acid groups (broad SMARTS) is 2. The molecule has 0 saturated heterocycles. The topological polar surface area (TPSA) is 113 Å². The van der Waals surface area contributed by atoms with Gasteiger partial charge in [0.1, 0.15) is 0 Å². The highest BCUT2D eigenvalue weighted by atomic mass is 32.1. The number of aliphatic carboxylic acids is 1. The predicted octanol–water partition coefficient (Wildman–Crippen LogP) is 4.34. The van der Waals surface area contributed by atoms with Crippen LogP contribution >= 0.6 is 22.7 Å². The van der Waals surface area contributed by atoms with Gasteiger partial charge >= 0.3 is 11.9 Å². The number of aromatic carboxylic acids is 1. The fourth-order valence-electron chi connectivity index (χ4n) is 3.64. The maximum absolute atomic E-state index is 12.6. The Balaban J connectivity index is 1.68. The van der Waals surface area contributed by atoms with Gasteiger partial charge in [0.25, 0.3) is 5.91 Å². The Labute approximate surface area is 173 Å². The van der Waals surface area contributed by atoms with Gasteiger partial charge in [-0.2, -0.15) is 0 Å². The van der Waals surface area contributed by atoms with Crippen molar-refractivity contribution < 1.29 is 29.3 Å².